The molecule has 1 saturated heterocycles. The predicted molar refractivity (Wildman–Crippen MR) is 185 cm³/mol. The second-order valence-corrected chi connectivity index (χ2v) is 12.8. The van der Waals surface area contributed by atoms with Crippen LogP contribution in [0.25, 0.3) is 0 Å². The van der Waals surface area contributed by atoms with Crippen LogP contribution >= 0.6 is 11.3 Å². The summed E-state index contributed by atoms with van der Waals surface area (Å²) in [4.78, 5) is 3.88. The molecule has 5 nitrogen and oxygen atoms in total. The summed E-state index contributed by atoms with van der Waals surface area (Å²) in [6.07, 6.45) is 0.186. The normalized spacial score (nSPS) is 20.1. The summed E-state index contributed by atoms with van der Waals surface area (Å²) in [5, 5.41) is 2.15. The van der Waals surface area contributed by atoms with Crippen molar-refractivity contribution in [2.24, 2.45) is 0 Å². The number of piperidine rings is 1. The van der Waals surface area contributed by atoms with Crippen LogP contribution in [0, 0.1) is 0 Å². The first-order valence-electron chi connectivity index (χ1n) is 16.2. The van der Waals surface area contributed by atoms with Crippen LogP contribution in [0.1, 0.15) is 27.1 Å². The zero-order chi connectivity index (χ0) is 31.2. The lowest BCUT2D eigenvalue weighted by Crippen LogP contribution is -2.64. The van der Waals surface area contributed by atoms with Gasteiger partial charge in [-0.05, 0) is 40.1 Å². The molecule has 4 aromatic carbocycles. The minimum absolute atomic E-state index is 0.0234. The van der Waals surface area contributed by atoms with E-state index < -0.39 is 0 Å². The summed E-state index contributed by atoms with van der Waals surface area (Å²) in [7, 11) is 0. The number of hydrogen-bond donors (Lipinski definition) is 0. The van der Waals surface area contributed by atoms with Crippen LogP contribution < -0.4 is 0 Å². The largest absolute Gasteiger partial charge is 0.375 e. The fraction of sp³-hybridized carbons (Fsp3) is 0.300. The second kappa shape index (κ2) is 17.3. The quantitative estimate of drug-likeness (QED) is 0.110. The summed E-state index contributed by atoms with van der Waals surface area (Å²) >= 11 is 1.81. The molecular formula is C40H43NO4S. The van der Waals surface area contributed by atoms with Gasteiger partial charge in [0.25, 0.3) is 0 Å². The number of nitrogens with zero attached hydrogens (tertiary/aromatic N) is 1. The molecule has 4 atom stereocenters. The van der Waals surface area contributed by atoms with Crippen LogP contribution in [0.2, 0.25) is 0 Å². The van der Waals surface area contributed by atoms with Crippen LogP contribution in [0.3, 0.4) is 0 Å². The Labute approximate surface area is 277 Å². The van der Waals surface area contributed by atoms with Crippen LogP contribution in [-0.4, -0.2) is 49.0 Å². The fourth-order valence-electron chi connectivity index (χ4n) is 6.01. The van der Waals surface area contributed by atoms with Crippen molar-refractivity contribution in [1.29, 1.82) is 0 Å². The third-order valence-corrected chi connectivity index (χ3v) is 9.39. The molecule has 0 N–H and O–H groups in total. The standard InChI is InChI=1S/C40H43NO4S/c1-5-14-32(15-6-1)27-42-31-37-39(44-29-34-18-9-3-10-19-34)40(45-30-35-20-11-4-12-21-35)38(43-28-33-16-7-2-8-17-33)26-41(37)24-23-36-22-13-25-46-36/h1-22,25,37-40H,23-24,26-31H2/t37-,38+,39-,40-/m1/s1. The first-order chi connectivity index (χ1) is 22.8. The molecule has 5 aromatic rings. The van der Waals surface area contributed by atoms with Gasteiger partial charge in [0.2, 0.25) is 0 Å². The van der Waals surface area contributed by atoms with E-state index in [1.54, 1.807) is 11.3 Å². The maximum atomic E-state index is 6.91. The summed E-state index contributed by atoms with van der Waals surface area (Å²) in [6.45, 7) is 4.14. The lowest BCUT2D eigenvalue weighted by molar-refractivity contribution is -0.210. The molecule has 0 aliphatic carbocycles. The van der Waals surface area contributed by atoms with Crippen molar-refractivity contribution < 1.29 is 18.9 Å². The zero-order valence-corrected chi connectivity index (χ0v) is 27.1. The Bertz CT molecular complexity index is 1520. The number of benzene rings is 4. The van der Waals surface area contributed by atoms with Gasteiger partial charge >= 0.3 is 0 Å². The van der Waals surface area contributed by atoms with E-state index in [1.165, 1.54) is 4.88 Å². The Kier molecular flexibility index (Phi) is 12.2. The molecule has 0 amide bonds. The SMILES string of the molecule is c1ccc(COC[C@@H]2[C@@H](OCc3ccccc3)[C@H](OCc3ccccc3)[C@@H](OCc3ccccc3)CN2CCc2cccs2)cc1. The molecule has 6 rings (SSSR count). The minimum Gasteiger partial charge on any atom is -0.375 e. The van der Waals surface area contributed by atoms with E-state index in [0.717, 1.165) is 41.8 Å². The van der Waals surface area contributed by atoms with E-state index in [2.05, 4.69) is 119 Å². The lowest BCUT2D eigenvalue weighted by Gasteiger charge is -2.48. The van der Waals surface area contributed by atoms with Crippen molar-refractivity contribution in [3.05, 3.63) is 166 Å². The van der Waals surface area contributed by atoms with Crippen molar-refractivity contribution in [2.75, 3.05) is 19.7 Å². The molecule has 238 valence electrons. The van der Waals surface area contributed by atoms with Gasteiger partial charge in [-0.15, -0.1) is 11.3 Å². The average molecular weight is 634 g/mol. The average Bonchev–Trinajstić information content (AvgIpc) is 3.64. The summed E-state index contributed by atoms with van der Waals surface area (Å²) in [5.41, 5.74) is 4.56. The molecule has 1 aliphatic heterocycles. The molecule has 1 aliphatic rings. The highest BCUT2D eigenvalue weighted by molar-refractivity contribution is 7.09. The Morgan fingerprint density at radius 3 is 1.57 bits per heavy atom. The van der Waals surface area contributed by atoms with Gasteiger partial charge in [0.15, 0.2) is 0 Å². The van der Waals surface area contributed by atoms with E-state index in [9.17, 15) is 0 Å². The minimum atomic E-state index is -0.295. The molecule has 2 heterocycles. The Balaban J connectivity index is 1.29. The second-order valence-electron chi connectivity index (χ2n) is 11.7. The molecule has 46 heavy (non-hydrogen) atoms. The highest BCUT2D eigenvalue weighted by Gasteiger charge is 2.46. The smallest absolute Gasteiger partial charge is 0.113 e. The summed E-state index contributed by atoms with van der Waals surface area (Å²) < 4.78 is 27.0. The maximum absolute atomic E-state index is 6.91. The lowest BCUT2D eigenvalue weighted by atomic mass is 9.92. The molecule has 0 bridgehead atoms. The topological polar surface area (TPSA) is 40.2 Å². The molecule has 6 heteroatoms. The van der Waals surface area contributed by atoms with Crippen LogP contribution in [0.4, 0.5) is 0 Å². The Morgan fingerprint density at radius 2 is 1.04 bits per heavy atom. The van der Waals surface area contributed by atoms with Crippen molar-refractivity contribution >= 4 is 11.3 Å². The summed E-state index contributed by atoms with van der Waals surface area (Å²) in [6, 6.07) is 45.8. The van der Waals surface area contributed by atoms with Crippen molar-refractivity contribution in [1.82, 2.24) is 4.90 Å². The number of thiophene rings is 1. The first kappa shape index (κ1) is 32.3. The van der Waals surface area contributed by atoms with Crippen LogP contribution in [0.15, 0.2) is 139 Å². The van der Waals surface area contributed by atoms with E-state index in [1.807, 2.05) is 24.3 Å². The number of hydrogen-bond acceptors (Lipinski definition) is 6. The van der Waals surface area contributed by atoms with Gasteiger partial charge in [-0.3, -0.25) is 4.90 Å². The van der Waals surface area contributed by atoms with E-state index in [4.69, 9.17) is 18.9 Å². The summed E-state index contributed by atoms with van der Waals surface area (Å²) in [5.74, 6) is 0. The van der Waals surface area contributed by atoms with Gasteiger partial charge in [0.05, 0.1) is 45.2 Å². The predicted octanol–water partition coefficient (Wildman–Crippen LogP) is 7.95. The van der Waals surface area contributed by atoms with E-state index >= 15 is 0 Å². The maximum Gasteiger partial charge on any atom is 0.113 e. The van der Waals surface area contributed by atoms with Crippen molar-refractivity contribution in [2.45, 2.75) is 57.2 Å². The van der Waals surface area contributed by atoms with Gasteiger partial charge in [0, 0.05) is 18.0 Å². The van der Waals surface area contributed by atoms with Gasteiger partial charge in [-0.25, -0.2) is 0 Å². The van der Waals surface area contributed by atoms with Gasteiger partial charge in [-0.2, -0.15) is 0 Å². The Hall–Kier alpha value is -3.62. The number of rotatable bonds is 16. The third-order valence-electron chi connectivity index (χ3n) is 8.46. The van der Waals surface area contributed by atoms with Crippen molar-refractivity contribution in [3.63, 3.8) is 0 Å². The fourth-order valence-corrected chi connectivity index (χ4v) is 6.71. The van der Waals surface area contributed by atoms with Gasteiger partial charge < -0.3 is 18.9 Å². The molecule has 0 radical (unpaired) electrons. The van der Waals surface area contributed by atoms with Crippen molar-refractivity contribution in [3.8, 4) is 0 Å². The number of ether oxygens (including phenoxy) is 4. The molecule has 0 saturated carbocycles. The van der Waals surface area contributed by atoms with Crippen LogP contribution in [0.5, 0.6) is 0 Å². The first-order valence-corrected chi connectivity index (χ1v) is 17.0. The molecule has 1 fully saturated rings. The number of likely N-dealkylation sites (tertiary alicyclic amines) is 1. The Morgan fingerprint density at radius 1 is 0.543 bits per heavy atom. The van der Waals surface area contributed by atoms with E-state index in [-0.39, 0.29) is 24.4 Å². The van der Waals surface area contributed by atoms with Crippen LogP contribution in [-0.2, 0) is 51.8 Å². The highest BCUT2D eigenvalue weighted by Crippen LogP contribution is 2.30. The van der Waals surface area contributed by atoms with E-state index in [0.29, 0.717) is 33.0 Å². The molecule has 0 unspecified atom stereocenters. The molecular weight excluding hydrogens is 591 g/mol. The molecule has 1 aromatic heterocycles. The van der Waals surface area contributed by atoms with Gasteiger partial charge in [-0.1, -0.05) is 127 Å². The third kappa shape index (κ3) is 9.46. The zero-order valence-electron chi connectivity index (χ0n) is 26.2. The highest BCUT2D eigenvalue weighted by atomic mass is 32.1. The molecule has 0 spiro atoms. The monoisotopic (exact) mass is 633 g/mol. The van der Waals surface area contributed by atoms with Gasteiger partial charge in [0.1, 0.15) is 12.2 Å².